The zero-order valence-corrected chi connectivity index (χ0v) is 6.15. The number of likely N-dealkylation sites (tertiary alicyclic amines) is 1. The first-order valence-corrected chi connectivity index (χ1v) is 3.33. The number of aliphatic hydroxyl groups is 1. The van der Waals surface area contributed by atoms with Crippen LogP contribution in [0.2, 0.25) is 0 Å². The highest BCUT2D eigenvalue weighted by atomic mass is 16.3. The predicted octanol–water partition coefficient (Wildman–Crippen LogP) is -1.10. The fraction of sp³-hybridized carbons (Fsp3) is 0.667. The van der Waals surface area contributed by atoms with E-state index in [0.29, 0.717) is 0 Å². The number of amides is 3. The second-order valence-corrected chi connectivity index (χ2v) is 2.64. The molecular weight excluding hydrogens is 148 g/mol. The summed E-state index contributed by atoms with van der Waals surface area (Å²) in [5, 5.41) is 9.12. The van der Waals surface area contributed by atoms with E-state index in [1.54, 1.807) is 6.92 Å². The Morgan fingerprint density at radius 2 is 2.36 bits per heavy atom. The fourth-order valence-electron chi connectivity index (χ4n) is 1.04. The maximum Gasteiger partial charge on any atom is 0.321 e. The van der Waals surface area contributed by atoms with E-state index in [1.807, 2.05) is 0 Å². The lowest BCUT2D eigenvalue weighted by Gasteiger charge is -2.08. The molecule has 3 amide bonds. The van der Waals surface area contributed by atoms with Crippen LogP contribution in [0.15, 0.2) is 0 Å². The van der Waals surface area contributed by atoms with Crippen molar-refractivity contribution in [2.75, 3.05) is 6.54 Å². The van der Waals surface area contributed by atoms with Crippen LogP contribution >= 0.6 is 0 Å². The molecule has 62 valence electrons. The van der Waals surface area contributed by atoms with Gasteiger partial charge in [-0.1, -0.05) is 6.92 Å². The van der Waals surface area contributed by atoms with Gasteiger partial charge < -0.3 is 10.8 Å². The maximum atomic E-state index is 11.0. The van der Waals surface area contributed by atoms with Crippen molar-refractivity contribution in [2.45, 2.75) is 13.0 Å². The highest BCUT2D eigenvalue weighted by molar-refractivity contribution is 5.96. The van der Waals surface area contributed by atoms with Gasteiger partial charge in [0.05, 0.1) is 18.6 Å². The molecule has 1 fully saturated rings. The number of carbonyl (C=O) groups excluding carboxylic acids is 2. The minimum absolute atomic E-state index is 0.0231. The van der Waals surface area contributed by atoms with E-state index >= 15 is 0 Å². The number of hydrogen-bond acceptors (Lipinski definition) is 3. The van der Waals surface area contributed by atoms with Gasteiger partial charge in [-0.05, 0) is 0 Å². The zero-order chi connectivity index (χ0) is 8.59. The van der Waals surface area contributed by atoms with E-state index in [2.05, 4.69) is 0 Å². The fourth-order valence-corrected chi connectivity index (χ4v) is 1.04. The number of nitrogens with zero attached hydrogens (tertiary/aromatic N) is 1. The van der Waals surface area contributed by atoms with E-state index in [9.17, 15) is 9.59 Å². The van der Waals surface area contributed by atoms with Crippen LogP contribution < -0.4 is 5.73 Å². The molecule has 1 saturated heterocycles. The molecule has 1 unspecified atom stereocenters. The van der Waals surface area contributed by atoms with Gasteiger partial charge in [0.25, 0.3) is 0 Å². The van der Waals surface area contributed by atoms with E-state index < -0.39 is 24.0 Å². The summed E-state index contributed by atoms with van der Waals surface area (Å²) in [6, 6.07) is -0.793. The molecular formula is C6H10N2O3. The van der Waals surface area contributed by atoms with Gasteiger partial charge in [-0.25, -0.2) is 4.79 Å². The van der Waals surface area contributed by atoms with E-state index in [1.165, 1.54) is 0 Å². The molecule has 5 nitrogen and oxygen atoms in total. The lowest BCUT2D eigenvalue weighted by molar-refractivity contribution is -0.128. The molecule has 11 heavy (non-hydrogen) atoms. The van der Waals surface area contributed by atoms with Gasteiger partial charge >= 0.3 is 6.03 Å². The Morgan fingerprint density at radius 1 is 1.82 bits per heavy atom. The van der Waals surface area contributed by atoms with E-state index in [-0.39, 0.29) is 6.54 Å². The number of hydrogen-bond donors (Lipinski definition) is 2. The molecule has 0 spiro atoms. The van der Waals surface area contributed by atoms with Crippen molar-refractivity contribution in [1.29, 1.82) is 0 Å². The molecule has 1 aliphatic heterocycles. The van der Waals surface area contributed by atoms with E-state index in [4.69, 9.17) is 10.8 Å². The van der Waals surface area contributed by atoms with Crippen LogP contribution in [0.4, 0.5) is 4.79 Å². The van der Waals surface area contributed by atoms with Gasteiger partial charge in [0, 0.05) is 0 Å². The van der Waals surface area contributed by atoms with Crippen molar-refractivity contribution in [2.24, 2.45) is 11.7 Å². The van der Waals surface area contributed by atoms with Crippen molar-refractivity contribution in [3.8, 4) is 0 Å². The van der Waals surface area contributed by atoms with Crippen LogP contribution in [0.25, 0.3) is 0 Å². The van der Waals surface area contributed by atoms with Crippen molar-refractivity contribution in [1.82, 2.24) is 4.90 Å². The van der Waals surface area contributed by atoms with E-state index in [0.717, 1.165) is 4.90 Å². The highest BCUT2D eigenvalue weighted by Crippen LogP contribution is 2.16. The largest absolute Gasteiger partial charge is 0.390 e. The van der Waals surface area contributed by atoms with Crippen molar-refractivity contribution in [3.63, 3.8) is 0 Å². The van der Waals surface area contributed by atoms with Crippen molar-refractivity contribution < 1.29 is 14.7 Å². The Kier molecular flexibility index (Phi) is 1.82. The molecule has 0 aromatic carbocycles. The number of urea groups is 1. The number of carbonyl (C=O) groups is 2. The molecule has 1 aliphatic rings. The lowest BCUT2D eigenvalue weighted by atomic mass is 10.1. The molecule has 0 saturated carbocycles. The number of rotatable bonds is 0. The third-order valence-corrected chi connectivity index (χ3v) is 1.87. The van der Waals surface area contributed by atoms with Crippen LogP contribution in [0.1, 0.15) is 6.92 Å². The minimum atomic E-state index is -0.793. The Labute approximate surface area is 63.8 Å². The molecule has 1 rings (SSSR count). The highest BCUT2D eigenvalue weighted by Gasteiger charge is 2.38. The number of nitrogens with two attached hydrogens (primary N) is 1. The maximum absolute atomic E-state index is 11.0. The second kappa shape index (κ2) is 2.50. The van der Waals surface area contributed by atoms with Crippen LogP contribution in [-0.4, -0.2) is 34.6 Å². The summed E-state index contributed by atoms with van der Waals surface area (Å²) >= 11 is 0. The molecule has 1 heterocycles. The molecule has 0 aliphatic carbocycles. The summed E-state index contributed by atoms with van der Waals surface area (Å²) in [5.74, 6) is -0.910. The standard InChI is InChI=1S/C6H10N2O3/c1-3-4(9)2-8(5(3)10)6(7)11/h3-4,9H,2H2,1H3,(H2,7,11)/t3-,4?/m0/s1. The van der Waals surface area contributed by atoms with Crippen LogP contribution in [0.3, 0.4) is 0 Å². The number of imide groups is 1. The van der Waals surface area contributed by atoms with Gasteiger partial charge in [0.1, 0.15) is 0 Å². The molecule has 0 aromatic heterocycles. The summed E-state index contributed by atoms with van der Waals surface area (Å²) in [4.78, 5) is 22.4. The first kappa shape index (κ1) is 8.00. The number of aliphatic hydroxyl groups excluding tert-OH is 1. The van der Waals surface area contributed by atoms with Crippen LogP contribution in [0.5, 0.6) is 0 Å². The predicted molar refractivity (Wildman–Crippen MR) is 36.5 cm³/mol. The molecule has 3 N–H and O–H groups in total. The van der Waals surface area contributed by atoms with Gasteiger partial charge in [-0.3, -0.25) is 9.69 Å². The summed E-state index contributed by atoms with van der Waals surface area (Å²) in [7, 11) is 0. The Hall–Kier alpha value is -1.10. The summed E-state index contributed by atoms with van der Waals surface area (Å²) in [5.41, 5.74) is 4.87. The van der Waals surface area contributed by atoms with Gasteiger partial charge in [-0.15, -0.1) is 0 Å². The summed E-state index contributed by atoms with van der Waals surface area (Å²) in [6.45, 7) is 1.59. The average molecular weight is 158 g/mol. The molecule has 2 atom stereocenters. The summed E-state index contributed by atoms with van der Waals surface area (Å²) in [6.07, 6.45) is -0.769. The van der Waals surface area contributed by atoms with Crippen LogP contribution in [-0.2, 0) is 4.79 Å². The van der Waals surface area contributed by atoms with Gasteiger partial charge in [0.15, 0.2) is 0 Å². The molecule has 0 aromatic rings. The molecule has 0 bridgehead atoms. The Balaban J connectivity index is 2.75. The normalized spacial score (nSPS) is 31.1. The second-order valence-electron chi connectivity index (χ2n) is 2.64. The third kappa shape index (κ3) is 1.19. The molecule has 5 heteroatoms. The van der Waals surface area contributed by atoms with Crippen molar-refractivity contribution >= 4 is 11.9 Å². The third-order valence-electron chi connectivity index (χ3n) is 1.87. The quantitative estimate of drug-likeness (QED) is 0.469. The minimum Gasteiger partial charge on any atom is -0.390 e. The number of β-amino-alcohol motifs (C(OH)–C–C–N with tert-alkyl or cyclic N) is 1. The lowest BCUT2D eigenvalue weighted by Crippen LogP contribution is -2.37. The SMILES string of the molecule is C[C@@H]1C(=O)N(C(N)=O)CC1O. The topological polar surface area (TPSA) is 83.6 Å². The zero-order valence-electron chi connectivity index (χ0n) is 6.15. The summed E-state index contributed by atoms with van der Waals surface area (Å²) < 4.78 is 0. The Morgan fingerprint density at radius 3 is 2.55 bits per heavy atom. The van der Waals surface area contributed by atoms with Gasteiger partial charge in [-0.2, -0.15) is 0 Å². The average Bonchev–Trinajstić information content (AvgIpc) is 2.17. The first-order chi connectivity index (χ1) is 5.04. The van der Waals surface area contributed by atoms with Crippen molar-refractivity contribution in [3.05, 3.63) is 0 Å². The first-order valence-electron chi connectivity index (χ1n) is 3.33. The Bertz CT molecular complexity index is 204. The monoisotopic (exact) mass is 158 g/mol. The smallest absolute Gasteiger partial charge is 0.321 e. The van der Waals surface area contributed by atoms with Crippen LogP contribution in [0, 0.1) is 5.92 Å². The number of primary amides is 1. The van der Waals surface area contributed by atoms with Gasteiger partial charge in [0.2, 0.25) is 5.91 Å². The molecule has 0 radical (unpaired) electrons.